The predicted molar refractivity (Wildman–Crippen MR) is 75.7 cm³/mol. The summed E-state index contributed by atoms with van der Waals surface area (Å²) in [6, 6.07) is 3.31. The lowest BCUT2D eigenvalue weighted by Crippen LogP contribution is -2.27. The number of carbonyl (C=O) groups is 1. The van der Waals surface area contributed by atoms with Crippen molar-refractivity contribution >= 4 is 46.4 Å². The fraction of sp³-hybridized carbons (Fsp3) is 0.417. The van der Waals surface area contributed by atoms with Gasteiger partial charge in [-0.05, 0) is 25.0 Å². The highest BCUT2D eigenvalue weighted by atomic mass is 35.5. The maximum Gasteiger partial charge on any atom is 0.222 e. The molecule has 1 atom stereocenters. The Kier molecular flexibility index (Phi) is 4.60. The van der Waals surface area contributed by atoms with E-state index in [-0.39, 0.29) is 11.9 Å². The lowest BCUT2D eigenvalue weighted by molar-refractivity contribution is -0.120. The van der Waals surface area contributed by atoms with Gasteiger partial charge in [0.25, 0.3) is 0 Å². The maximum atomic E-state index is 11.5. The van der Waals surface area contributed by atoms with Crippen molar-refractivity contribution in [1.82, 2.24) is 5.32 Å². The van der Waals surface area contributed by atoms with Gasteiger partial charge in [0, 0.05) is 24.0 Å². The van der Waals surface area contributed by atoms with Gasteiger partial charge in [-0.3, -0.25) is 4.79 Å². The molecule has 1 saturated heterocycles. The minimum Gasteiger partial charge on any atom is -0.379 e. The second kappa shape index (κ2) is 6.00. The summed E-state index contributed by atoms with van der Waals surface area (Å²) >= 11 is 18.1. The lowest BCUT2D eigenvalue weighted by atomic mass is 10.1. The van der Waals surface area contributed by atoms with E-state index < -0.39 is 0 Å². The van der Waals surface area contributed by atoms with Gasteiger partial charge in [0.05, 0.1) is 15.7 Å². The summed E-state index contributed by atoms with van der Waals surface area (Å²) in [6.07, 6.45) is 2.26. The maximum absolute atomic E-state index is 11.5. The number of carbonyl (C=O) groups excluding carboxylic acids is 1. The Labute approximate surface area is 121 Å². The van der Waals surface area contributed by atoms with E-state index in [0.717, 1.165) is 19.4 Å². The van der Waals surface area contributed by atoms with Gasteiger partial charge in [0.15, 0.2) is 0 Å². The van der Waals surface area contributed by atoms with E-state index in [9.17, 15) is 4.79 Å². The van der Waals surface area contributed by atoms with Crippen LogP contribution in [-0.4, -0.2) is 18.5 Å². The molecule has 1 aromatic carbocycles. The normalized spacial score (nSPS) is 20.2. The quantitative estimate of drug-likeness (QED) is 0.874. The molecule has 0 bridgehead atoms. The number of rotatable bonds is 2. The first-order valence-corrected chi connectivity index (χ1v) is 6.87. The minimum atomic E-state index is 0.0451. The number of anilines is 1. The standard InChI is InChI=1S/C12H13Cl3N2O/c13-7-4-9(14)12(10(15)5-7)17-8-2-1-3-16-11(18)6-8/h4-5,8,17H,1-3,6H2,(H,16,18). The number of halogens is 3. The van der Waals surface area contributed by atoms with Crippen molar-refractivity contribution in [2.75, 3.05) is 11.9 Å². The first-order chi connectivity index (χ1) is 8.56. The largest absolute Gasteiger partial charge is 0.379 e. The smallest absolute Gasteiger partial charge is 0.222 e. The molecule has 1 aromatic rings. The third-order valence-corrected chi connectivity index (χ3v) is 3.65. The van der Waals surface area contributed by atoms with Crippen molar-refractivity contribution in [2.45, 2.75) is 25.3 Å². The van der Waals surface area contributed by atoms with Crippen LogP contribution in [0.25, 0.3) is 0 Å². The topological polar surface area (TPSA) is 41.1 Å². The average molecular weight is 308 g/mol. The van der Waals surface area contributed by atoms with E-state index in [1.165, 1.54) is 0 Å². The summed E-state index contributed by atoms with van der Waals surface area (Å²) in [5, 5.41) is 7.50. The van der Waals surface area contributed by atoms with E-state index in [0.29, 0.717) is 27.2 Å². The Morgan fingerprint density at radius 2 is 1.89 bits per heavy atom. The first-order valence-electron chi connectivity index (χ1n) is 5.74. The minimum absolute atomic E-state index is 0.0451. The van der Waals surface area contributed by atoms with Crippen molar-refractivity contribution in [2.24, 2.45) is 0 Å². The zero-order valence-electron chi connectivity index (χ0n) is 9.60. The Morgan fingerprint density at radius 3 is 2.56 bits per heavy atom. The van der Waals surface area contributed by atoms with Crippen molar-refractivity contribution in [3.8, 4) is 0 Å². The molecule has 3 nitrogen and oxygen atoms in total. The first kappa shape index (κ1) is 13.8. The molecular formula is C12H13Cl3N2O. The molecule has 98 valence electrons. The van der Waals surface area contributed by atoms with E-state index in [2.05, 4.69) is 10.6 Å². The molecule has 0 spiro atoms. The van der Waals surface area contributed by atoms with Gasteiger partial charge in [-0.1, -0.05) is 34.8 Å². The van der Waals surface area contributed by atoms with Gasteiger partial charge < -0.3 is 10.6 Å². The molecule has 2 rings (SSSR count). The van der Waals surface area contributed by atoms with Gasteiger partial charge in [-0.25, -0.2) is 0 Å². The molecule has 1 amide bonds. The van der Waals surface area contributed by atoms with Gasteiger partial charge >= 0.3 is 0 Å². The van der Waals surface area contributed by atoms with Crippen LogP contribution in [0.2, 0.25) is 15.1 Å². The molecule has 6 heteroatoms. The summed E-state index contributed by atoms with van der Waals surface area (Å²) in [7, 11) is 0. The third-order valence-electron chi connectivity index (χ3n) is 2.84. The van der Waals surface area contributed by atoms with E-state index in [4.69, 9.17) is 34.8 Å². The monoisotopic (exact) mass is 306 g/mol. The molecule has 1 heterocycles. The van der Waals surface area contributed by atoms with E-state index in [1.807, 2.05) is 0 Å². The lowest BCUT2D eigenvalue weighted by Gasteiger charge is -2.18. The van der Waals surface area contributed by atoms with Crippen LogP contribution in [0.4, 0.5) is 5.69 Å². The molecule has 18 heavy (non-hydrogen) atoms. The molecular weight excluding hydrogens is 295 g/mol. The summed E-state index contributed by atoms with van der Waals surface area (Å²) in [5.41, 5.74) is 0.641. The van der Waals surface area contributed by atoms with Crippen molar-refractivity contribution in [1.29, 1.82) is 0 Å². The van der Waals surface area contributed by atoms with Gasteiger partial charge in [0.2, 0.25) is 5.91 Å². The zero-order chi connectivity index (χ0) is 13.1. The molecule has 1 unspecified atom stereocenters. The zero-order valence-corrected chi connectivity index (χ0v) is 11.9. The average Bonchev–Trinajstić information content (AvgIpc) is 2.48. The van der Waals surface area contributed by atoms with Crippen molar-refractivity contribution in [3.63, 3.8) is 0 Å². The Balaban J connectivity index is 2.15. The van der Waals surface area contributed by atoms with Gasteiger partial charge in [-0.2, -0.15) is 0 Å². The number of amides is 1. The van der Waals surface area contributed by atoms with Crippen LogP contribution >= 0.6 is 34.8 Å². The molecule has 2 N–H and O–H groups in total. The van der Waals surface area contributed by atoms with Crippen LogP contribution in [0, 0.1) is 0 Å². The molecule has 0 aromatic heterocycles. The van der Waals surface area contributed by atoms with Gasteiger partial charge in [0.1, 0.15) is 0 Å². The number of hydrogen-bond donors (Lipinski definition) is 2. The van der Waals surface area contributed by atoms with E-state index in [1.54, 1.807) is 12.1 Å². The highest BCUT2D eigenvalue weighted by Crippen LogP contribution is 2.34. The summed E-state index contributed by atoms with van der Waals surface area (Å²) in [5.74, 6) is 0.0474. The van der Waals surface area contributed by atoms with Crippen LogP contribution in [-0.2, 0) is 4.79 Å². The SMILES string of the molecule is O=C1CC(Nc2c(Cl)cc(Cl)cc2Cl)CCCN1. The van der Waals surface area contributed by atoms with Crippen molar-refractivity contribution < 1.29 is 4.79 Å². The Bertz CT molecular complexity index is 442. The molecule has 1 aliphatic rings. The highest BCUT2D eigenvalue weighted by Gasteiger charge is 2.19. The summed E-state index contributed by atoms with van der Waals surface area (Å²) < 4.78 is 0. The van der Waals surface area contributed by atoms with Crippen LogP contribution in [0.15, 0.2) is 12.1 Å². The van der Waals surface area contributed by atoms with Crippen molar-refractivity contribution in [3.05, 3.63) is 27.2 Å². The molecule has 1 fully saturated rings. The summed E-state index contributed by atoms with van der Waals surface area (Å²) in [4.78, 5) is 11.5. The Hall–Kier alpha value is -0.640. The summed E-state index contributed by atoms with van der Waals surface area (Å²) in [6.45, 7) is 0.721. The molecule has 0 aliphatic carbocycles. The van der Waals surface area contributed by atoms with Crippen LogP contribution in [0.1, 0.15) is 19.3 Å². The molecule has 0 radical (unpaired) electrons. The third kappa shape index (κ3) is 3.44. The number of hydrogen-bond acceptors (Lipinski definition) is 2. The molecule has 0 saturated carbocycles. The number of nitrogens with one attached hydrogen (secondary N) is 2. The van der Waals surface area contributed by atoms with Crippen LogP contribution in [0.5, 0.6) is 0 Å². The second-order valence-electron chi connectivity index (χ2n) is 4.28. The predicted octanol–water partition coefficient (Wildman–Crippen LogP) is 3.73. The highest BCUT2D eigenvalue weighted by molar-refractivity contribution is 6.41. The van der Waals surface area contributed by atoms with E-state index >= 15 is 0 Å². The fourth-order valence-corrected chi connectivity index (χ4v) is 2.91. The number of benzene rings is 1. The van der Waals surface area contributed by atoms with Crippen LogP contribution in [0.3, 0.4) is 0 Å². The Morgan fingerprint density at radius 1 is 1.22 bits per heavy atom. The van der Waals surface area contributed by atoms with Gasteiger partial charge in [-0.15, -0.1) is 0 Å². The van der Waals surface area contributed by atoms with Crippen LogP contribution < -0.4 is 10.6 Å². The molecule has 1 aliphatic heterocycles. The fourth-order valence-electron chi connectivity index (χ4n) is 1.98. The second-order valence-corrected chi connectivity index (χ2v) is 5.53.